The Morgan fingerprint density at radius 2 is 1.09 bits per heavy atom. The average Bonchev–Trinajstić information content (AvgIpc) is 3.82. The first kappa shape index (κ1) is 27.8. The molecule has 0 spiro atoms. The van der Waals surface area contributed by atoms with Crippen molar-refractivity contribution in [3.8, 4) is 21.9 Å². The molecule has 0 amide bonds. The number of nitrogens with zero attached hydrogens (tertiary/aromatic N) is 6. The number of hydrogen-bond acceptors (Lipinski definition) is 8. The molecule has 2 aromatic carbocycles. The molecular formula is C35H16N6O2S2. The summed E-state index contributed by atoms with van der Waals surface area (Å²) in [7, 11) is 0. The van der Waals surface area contributed by atoms with Gasteiger partial charge in [0, 0.05) is 27.7 Å². The van der Waals surface area contributed by atoms with E-state index >= 15 is 0 Å². The van der Waals surface area contributed by atoms with Crippen molar-refractivity contribution < 1.29 is 9.59 Å². The van der Waals surface area contributed by atoms with E-state index < -0.39 is 5.41 Å². The number of ketones is 2. The molecule has 7 rings (SSSR count). The number of aliphatic imine (C=N–C) groups is 2. The van der Waals surface area contributed by atoms with Crippen LogP contribution in [0, 0.1) is 35.8 Å². The first-order chi connectivity index (χ1) is 21.7. The van der Waals surface area contributed by atoms with Crippen LogP contribution in [-0.2, 0) is 5.41 Å². The Balaban J connectivity index is 1.34. The third-order valence-corrected chi connectivity index (χ3v) is 10.4. The Bertz CT molecular complexity index is 2190. The number of benzene rings is 2. The lowest BCUT2D eigenvalue weighted by atomic mass is 9.84. The van der Waals surface area contributed by atoms with Gasteiger partial charge >= 0.3 is 0 Å². The maximum atomic E-state index is 13.4. The SMILES string of the molecule is [C-]#[N+]C(C#N)=C1C(=Nc2cc3c(s2)-c2sc(N=C4C(=O)c5ccccc5/C4=C(/C#N)[N+]#[C-])cc2C3(C)C)C(=O)c2ccccc21. The molecule has 10 heteroatoms. The smallest absolute Gasteiger partial charge is 0.271 e. The van der Waals surface area contributed by atoms with E-state index in [1.54, 1.807) is 48.5 Å². The minimum absolute atomic E-state index is 0.0757. The molecule has 4 aromatic rings. The van der Waals surface area contributed by atoms with Crippen molar-refractivity contribution in [2.45, 2.75) is 19.3 Å². The zero-order valence-corrected chi connectivity index (χ0v) is 25.2. The number of hydrogen-bond donors (Lipinski definition) is 0. The molecule has 0 saturated heterocycles. The van der Waals surface area contributed by atoms with Crippen LogP contribution in [0.1, 0.15) is 56.8 Å². The second-order valence-electron chi connectivity index (χ2n) is 10.8. The van der Waals surface area contributed by atoms with Crippen molar-refractivity contribution in [1.82, 2.24) is 0 Å². The van der Waals surface area contributed by atoms with Crippen LogP contribution in [0.4, 0.5) is 10.0 Å². The topological polar surface area (TPSA) is 115 Å². The lowest BCUT2D eigenvalue weighted by molar-refractivity contribution is 0.106. The third kappa shape index (κ3) is 3.92. The molecule has 210 valence electrons. The summed E-state index contributed by atoms with van der Waals surface area (Å²) in [6.07, 6.45) is 0. The first-order valence-electron chi connectivity index (χ1n) is 13.5. The molecule has 0 N–H and O–H groups in total. The Kier molecular flexibility index (Phi) is 6.18. The van der Waals surface area contributed by atoms with Crippen molar-refractivity contribution in [3.05, 3.63) is 128 Å². The van der Waals surface area contributed by atoms with E-state index in [1.165, 1.54) is 22.7 Å². The van der Waals surface area contributed by atoms with Gasteiger partial charge in [0.15, 0.2) is 0 Å². The molecule has 3 aliphatic carbocycles. The standard InChI is InChI=1S/C35H16N6O2S2/c1-35(2)21-13-25(40-29-27(23(15-36)38-3)17-9-5-7-11-19(17)31(29)42)44-33(21)34-22(35)14-26(45-34)41-30-28(24(16-37)39-4)18-10-6-8-12-20(18)32(30)43/h5-14H,1-2H3/b27-23+,28-24?,40-29?,41-30?. The summed E-state index contributed by atoms with van der Waals surface area (Å²) < 4.78 is 0. The molecule has 0 unspecified atom stereocenters. The number of carbonyl (C=O) groups excluding carboxylic acids is 2. The molecule has 0 atom stereocenters. The summed E-state index contributed by atoms with van der Waals surface area (Å²) in [6.45, 7) is 19.2. The largest absolute Gasteiger partial charge is 0.287 e. The molecule has 2 aromatic heterocycles. The van der Waals surface area contributed by atoms with Crippen molar-refractivity contribution in [3.63, 3.8) is 0 Å². The third-order valence-electron chi connectivity index (χ3n) is 8.13. The van der Waals surface area contributed by atoms with Crippen molar-refractivity contribution in [2.24, 2.45) is 9.98 Å². The van der Waals surface area contributed by atoms with Gasteiger partial charge in [0.25, 0.3) is 11.4 Å². The van der Waals surface area contributed by atoms with Crippen LogP contribution >= 0.6 is 22.7 Å². The van der Waals surface area contributed by atoms with Gasteiger partial charge in [0.1, 0.15) is 21.4 Å². The zero-order valence-electron chi connectivity index (χ0n) is 23.6. The van der Waals surface area contributed by atoms with E-state index in [1.807, 2.05) is 24.3 Å². The maximum absolute atomic E-state index is 13.4. The van der Waals surface area contributed by atoms with E-state index in [4.69, 9.17) is 23.1 Å². The number of fused-ring (bicyclic) bond motifs is 5. The average molecular weight is 617 g/mol. The van der Waals surface area contributed by atoms with E-state index in [9.17, 15) is 20.1 Å². The molecule has 8 nitrogen and oxygen atoms in total. The quantitative estimate of drug-likeness (QED) is 0.166. The maximum Gasteiger partial charge on any atom is 0.271 e. The van der Waals surface area contributed by atoms with Gasteiger partial charge in [-0.15, -0.1) is 22.7 Å². The predicted octanol–water partition coefficient (Wildman–Crippen LogP) is 8.36. The van der Waals surface area contributed by atoms with Crippen LogP contribution < -0.4 is 0 Å². The number of carbonyl (C=O) groups is 2. The minimum atomic E-state index is -0.445. The van der Waals surface area contributed by atoms with E-state index in [0.29, 0.717) is 32.3 Å². The summed E-state index contributed by atoms with van der Waals surface area (Å²) >= 11 is 2.81. The van der Waals surface area contributed by atoms with Crippen molar-refractivity contribution in [2.75, 3.05) is 0 Å². The van der Waals surface area contributed by atoms with Crippen LogP contribution in [0.5, 0.6) is 0 Å². The van der Waals surface area contributed by atoms with Gasteiger partial charge in [-0.3, -0.25) is 9.59 Å². The molecule has 3 aliphatic rings. The van der Waals surface area contributed by atoms with Crippen molar-refractivity contribution in [1.29, 1.82) is 10.5 Å². The highest BCUT2D eigenvalue weighted by Crippen LogP contribution is 2.58. The summed E-state index contributed by atoms with van der Waals surface area (Å²) in [6, 6.07) is 21.5. The van der Waals surface area contributed by atoms with Crippen LogP contribution in [-0.4, -0.2) is 23.0 Å². The molecule has 2 heterocycles. The van der Waals surface area contributed by atoms with Crippen LogP contribution in [0.25, 0.3) is 30.6 Å². The molecule has 0 saturated carbocycles. The fraction of sp³-hybridized carbons (Fsp3) is 0.0857. The number of rotatable bonds is 2. The van der Waals surface area contributed by atoms with E-state index in [0.717, 1.165) is 20.9 Å². The summed E-state index contributed by atoms with van der Waals surface area (Å²) in [5, 5.41) is 20.4. The highest BCUT2D eigenvalue weighted by molar-refractivity contribution is 7.26. The Morgan fingerprint density at radius 1 is 0.711 bits per heavy atom. The van der Waals surface area contributed by atoms with Gasteiger partial charge < -0.3 is 0 Å². The molecule has 45 heavy (non-hydrogen) atoms. The van der Waals surface area contributed by atoms with Crippen LogP contribution in [0.2, 0.25) is 0 Å². The molecule has 0 bridgehead atoms. The van der Waals surface area contributed by atoms with Crippen LogP contribution in [0.15, 0.2) is 82.0 Å². The fourth-order valence-corrected chi connectivity index (χ4v) is 8.55. The van der Waals surface area contributed by atoms with E-state index in [-0.39, 0.29) is 45.5 Å². The Morgan fingerprint density at radius 3 is 1.44 bits per heavy atom. The van der Waals surface area contributed by atoms with Gasteiger partial charge in [-0.1, -0.05) is 62.4 Å². The monoisotopic (exact) mass is 616 g/mol. The Labute approximate surface area is 265 Å². The Hall–Kier alpha value is -6.04. The van der Waals surface area contributed by atoms with Gasteiger partial charge in [0.05, 0.1) is 35.0 Å². The number of thiophene rings is 2. The highest BCUT2D eigenvalue weighted by atomic mass is 32.1. The first-order valence-corrected chi connectivity index (χ1v) is 15.2. The highest BCUT2D eigenvalue weighted by Gasteiger charge is 2.41. The zero-order chi connectivity index (χ0) is 31.6. The number of Topliss-reactive ketones (excluding diaryl/α,β-unsaturated/α-hetero) is 2. The number of allylic oxidation sites excluding steroid dienone is 4. The number of nitriles is 2. The molecule has 0 aliphatic heterocycles. The van der Waals surface area contributed by atoms with Gasteiger partial charge in [-0.2, -0.15) is 0 Å². The van der Waals surface area contributed by atoms with Gasteiger partial charge in [-0.05, 0) is 34.4 Å². The summed E-state index contributed by atoms with van der Waals surface area (Å²) in [5.41, 5.74) is 3.75. The fourth-order valence-electron chi connectivity index (χ4n) is 6.00. The lowest BCUT2D eigenvalue weighted by Crippen LogP contribution is -2.13. The predicted molar refractivity (Wildman–Crippen MR) is 174 cm³/mol. The van der Waals surface area contributed by atoms with Gasteiger partial charge in [0.2, 0.25) is 11.6 Å². The normalized spacial score (nSPS) is 19.2. The van der Waals surface area contributed by atoms with Crippen LogP contribution in [0.3, 0.4) is 0 Å². The molecule has 0 fully saturated rings. The van der Waals surface area contributed by atoms with Crippen molar-refractivity contribution >= 4 is 66.8 Å². The van der Waals surface area contributed by atoms with Gasteiger partial charge in [-0.25, -0.2) is 30.2 Å². The molecular weight excluding hydrogens is 601 g/mol. The second-order valence-corrected chi connectivity index (χ2v) is 12.9. The second kappa shape index (κ2) is 10.0. The van der Waals surface area contributed by atoms with E-state index in [2.05, 4.69) is 23.5 Å². The molecule has 0 radical (unpaired) electrons. The summed E-state index contributed by atoms with van der Waals surface area (Å²) in [4.78, 5) is 44.9. The minimum Gasteiger partial charge on any atom is -0.287 e. The lowest BCUT2D eigenvalue weighted by Gasteiger charge is -2.18. The summed E-state index contributed by atoms with van der Waals surface area (Å²) in [5.74, 6) is -0.663.